The van der Waals surface area contributed by atoms with Crippen molar-refractivity contribution in [2.45, 2.75) is 44.4 Å². The highest BCUT2D eigenvalue weighted by atomic mass is 19.1. The van der Waals surface area contributed by atoms with Crippen molar-refractivity contribution in [1.82, 2.24) is 14.7 Å². The first-order valence-corrected chi connectivity index (χ1v) is 11.7. The van der Waals surface area contributed by atoms with E-state index in [4.69, 9.17) is 9.47 Å². The van der Waals surface area contributed by atoms with Gasteiger partial charge in [0.15, 0.2) is 0 Å². The van der Waals surface area contributed by atoms with E-state index in [9.17, 15) is 14.0 Å². The molecule has 2 aliphatic heterocycles. The summed E-state index contributed by atoms with van der Waals surface area (Å²) in [5, 5.41) is 0. The van der Waals surface area contributed by atoms with E-state index in [1.807, 2.05) is 4.90 Å². The number of benzene rings is 1. The highest BCUT2D eigenvalue weighted by Crippen LogP contribution is 2.43. The Morgan fingerprint density at radius 1 is 1.12 bits per heavy atom. The maximum absolute atomic E-state index is 13.6. The van der Waals surface area contributed by atoms with Crippen LogP contribution in [0.1, 0.15) is 43.0 Å². The molecule has 2 amide bonds. The molecule has 176 valence electrons. The molecule has 0 radical (unpaired) electrons. The second kappa shape index (κ2) is 9.85. The zero-order valence-electron chi connectivity index (χ0n) is 19.1. The van der Waals surface area contributed by atoms with Crippen LogP contribution in [0.5, 0.6) is 0 Å². The van der Waals surface area contributed by atoms with Crippen LogP contribution in [0.25, 0.3) is 0 Å². The Bertz CT molecular complexity index is 802. The summed E-state index contributed by atoms with van der Waals surface area (Å²) < 4.78 is 24.9. The number of hydrogen-bond acceptors (Lipinski definition) is 5. The summed E-state index contributed by atoms with van der Waals surface area (Å²) in [6.07, 6.45) is 3.34. The first-order chi connectivity index (χ1) is 15.4. The number of methoxy groups -OCH3 is 1. The average Bonchev–Trinajstić information content (AvgIpc) is 3.18. The first kappa shape index (κ1) is 23.1. The molecule has 1 atom stereocenters. The molecule has 1 aliphatic carbocycles. The Hall–Kier alpha value is -2.03. The van der Waals surface area contributed by atoms with E-state index in [-0.39, 0.29) is 24.2 Å². The molecule has 3 fully saturated rings. The number of amides is 2. The molecule has 7 nitrogen and oxygen atoms in total. The summed E-state index contributed by atoms with van der Waals surface area (Å²) in [5.74, 6) is -0.127. The minimum Gasteiger partial charge on any atom is -0.383 e. The van der Waals surface area contributed by atoms with Crippen molar-refractivity contribution in [3.05, 3.63) is 35.6 Å². The molecule has 0 bridgehead atoms. The third kappa shape index (κ3) is 4.67. The van der Waals surface area contributed by atoms with Crippen molar-refractivity contribution in [2.24, 2.45) is 5.92 Å². The van der Waals surface area contributed by atoms with Gasteiger partial charge in [-0.25, -0.2) is 4.39 Å². The van der Waals surface area contributed by atoms with Gasteiger partial charge in [0.1, 0.15) is 17.6 Å². The van der Waals surface area contributed by atoms with Crippen LogP contribution in [0.15, 0.2) is 24.3 Å². The molecule has 3 aliphatic rings. The van der Waals surface area contributed by atoms with Crippen molar-refractivity contribution in [2.75, 3.05) is 53.0 Å². The van der Waals surface area contributed by atoms with Crippen molar-refractivity contribution in [1.29, 1.82) is 0 Å². The van der Waals surface area contributed by atoms with Gasteiger partial charge in [-0.05, 0) is 55.9 Å². The van der Waals surface area contributed by atoms with Crippen LogP contribution in [0.4, 0.5) is 4.39 Å². The van der Waals surface area contributed by atoms with Gasteiger partial charge < -0.3 is 14.4 Å². The molecule has 1 aromatic carbocycles. The van der Waals surface area contributed by atoms with Gasteiger partial charge in [-0.3, -0.25) is 19.4 Å². The van der Waals surface area contributed by atoms with Gasteiger partial charge in [0.2, 0.25) is 5.91 Å². The number of halogens is 1. The van der Waals surface area contributed by atoms with Gasteiger partial charge in [0.25, 0.3) is 5.91 Å². The Morgan fingerprint density at radius 2 is 1.78 bits per heavy atom. The Morgan fingerprint density at radius 3 is 2.41 bits per heavy atom. The normalized spacial score (nSPS) is 29.0. The maximum Gasteiger partial charge on any atom is 0.256 e. The van der Waals surface area contributed by atoms with Crippen LogP contribution in [0.3, 0.4) is 0 Å². The summed E-state index contributed by atoms with van der Waals surface area (Å²) in [4.78, 5) is 33.0. The van der Waals surface area contributed by atoms with Crippen LogP contribution < -0.4 is 0 Å². The number of rotatable bonds is 5. The fourth-order valence-electron chi connectivity index (χ4n) is 5.12. The molecule has 1 aromatic rings. The molecule has 0 unspecified atom stereocenters. The molecule has 0 aromatic heterocycles. The average molecular weight is 448 g/mol. The highest BCUT2D eigenvalue weighted by Gasteiger charge is 2.54. The molecule has 4 rings (SSSR count). The predicted molar refractivity (Wildman–Crippen MR) is 118 cm³/mol. The summed E-state index contributed by atoms with van der Waals surface area (Å²) in [6, 6.07) is 4.91. The zero-order chi connectivity index (χ0) is 22.7. The summed E-state index contributed by atoms with van der Waals surface area (Å²) in [6.45, 7) is 6.77. The van der Waals surface area contributed by atoms with Gasteiger partial charge in [0.05, 0.1) is 13.2 Å². The summed E-state index contributed by atoms with van der Waals surface area (Å²) in [7, 11) is 1.69. The number of ether oxygens (including phenoxy) is 2. The third-order valence-corrected chi connectivity index (χ3v) is 7.21. The Labute approximate surface area is 189 Å². The van der Waals surface area contributed by atoms with E-state index >= 15 is 0 Å². The van der Waals surface area contributed by atoms with E-state index in [0.717, 1.165) is 45.3 Å². The third-order valence-electron chi connectivity index (χ3n) is 7.21. The van der Waals surface area contributed by atoms with Crippen LogP contribution in [0, 0.1) is 11.7 Å². The Kier molecular flexibility index (Phi) is 7.12. The topological polar surface area (TPSA) is 62.3 Å². The molecular weight excluding hydrogens is 413 g/mol. The lowest BCUT2D eigenvalue weighted by Gasteiger charge is -2.44. The first-order valence-electron chi connectivity index (χ1n) is 11.7. The van der Waals surface area contributed by atoms with E-state index in [1.54, 1.807) is 12.0 Å². The van der Waals surface area contributed by atoms with Crippen molar-refractivity contribution < 1.29 is 23.5 Å². The second-order valence-corrected chi connectivity index (χ2v) is 9.30. The molecule has 8 heteroatoms. The lowest BCUT2D eigenvalue weighted by molar-refractivity contribution is -0.139. The lowest BCUT2D eigenvalue weighted by Crippen LogP contribution is -2.59. The molecule has 2 heterocycles. The van der Waals surface area contributed by atoms with E-state index in [1.165, 1.54) is 24.3 Å². The maximum atomic E-state index is 13.6. The van der Waals surface area contributed by atoms with Gasteiger partial charge >= 0.3 is 0 Å². The Balaban J connectivity index is 1.53. The molecular formula is C24H34FN3O4. The predicted octanol–water partition coefficient (Wildman–Crippen LogP) is 2.36. The number of carbonyl (C=O) groups excluding carboxylic acids is 2. The number of carbonyl (C=O) groups is 2. The number of nitrogens with zero attached hydrogens (tertiary/aromatic N) is 3. The summed E-state index contributed by atoms with van der Waals surface area (Å²) >= 11 is 0. The monoisotopic (exact) mass is 447 g/mol. The standard InChI is InChI=1S/C24H34FN3O4/c1-18-7-9-24(10-8-18)28(22(29)19-3-5-20(25)6-4-19)21(17-32-24)23(30)27-13-11-26(12-14-27)15-16-31-2/h3-6,18,21H,7-17H2,1-2H3/t18?,21-,24?/m1/s1. The highest BCUT2D eigenvalue weighted by molar-refractivity contribution is 5.98. The van der Waals surface area contributed by atoms with Crippen LogP contribution in [-0.2, 0) is 14.3 Å². The van der Waals surface area contributed by atoms with E-state index in [0.29, 0.717) is 31.2 Å². The van der Waals surface area contributed by atoms with Gasteiger partial charge in [0, 0.05) is 45.4 Å². The number of piperazine rings is 1. The second-order valence-electron chi connectivity index (χ2n) is 9.30. The van der Waals surface area contributed by atoms with Gasteiger partial charge in [-0.15, -0.1) is 0 Å². The SMILES string of the molecule is COCCN1CCN(C(=O)[C@H]2COC3(CCC(C)CC3)N2C(=O)c2ccc(F)cc2)CC1. The van der Waals surface area contributed by atoms with Gasteiger partial charge in [-0.2, -0.15) is 0 Å². The van der Waals surface area contributed by atoms with Crippen molar-refractivity contribution >= 4 is 11.8 Å². The molecule has 2 saturated heterocycles. The minimum atomic E-state index is -0.751. The quantitative estimate of drug-likeness (QED) is 0.694. The fraction of sp³-hybridized carbons (Fsp3) is 0.667. The van der Waals surface area contributed by atoms with Crippen molar-refractivity contribution in [3.8, 4) is 0 Å². The minimum absolute atomic E-state index is 0.0534. The van der Waals surface area contributed by atoms with E-state index in [2.05, 4.69) is 11.8 Å². The van der Waals surface area contributed by atoms with Gasteiger partial charge in [-0.1, -0.05) is 6.92 Å². The molecule has 0 N–H and O–H groups in total. The lowest BCUT2D eigenvalue weighted by atomic mass is 9.83. The summed E-state index contributed by atoms with van der Waals surface area (Å²) in [5.41, 5.74) is -0.365. The van der Waals surface area contributed by atoms with Crippen LogP contribution in [-0.4, -0.2) is 91.3 Å². The van der Waals surface area contributed by atoms with Crippen LogP contribution >= 0.6 is 0 Å². The zero-order valence-corrected chi connectivity index (χ0v) is 19.1. The molecule has 1 spiro atoms. The largest absolute Gasteiger partial charge is 0.383 e. The molecule has 1 saturated carbocycles. The van der Waals surface area contributed by atoms with Crippen LogP contribution in [0.2, 0.25) is 0 Å². The van der Waals surface area contributed by atoms with E-state index < -0.39 is 11.8 Å². The smallest absolute Gasteiger partial charge is 0.256 e. The fourth-order valence-corrected chi connectivity index (χ4v) is 5.12. The number of hydrogen-bond donors (Lipinski definition) is 0. The molecule has 32 heavy (non-hydrogen) atoms. The van der Waals surface area contributed by atoms with Crippen molar-refractivity contribution in [3.63, 3.8) is 0 Å².